The smallest absolute Gasteiger partial charge is 0.322 e. The van der Waals surface area contributed by atoms with E-state index in [2.05, 4.69) is 15.5 Å². The standard InChI is InChI=1S/C13H20N4O2/c1-8(2)11-15-13(19-16-11)14-10-7-9-5-3-4-6-17(9)12(10)18/h8-10H,3-7H2,1-2H3,(H,14,15,16). The van der Waals surface area contributed by atoms with Crippen LogP contribution in [0.3, 0.4) is 0 Å². The third-order valence-corrected chi connectivity index (χ3v) is 3.97. The number of nitrogens with one attached hydrogen (secondary N) is 1. The lowest BCUT2D eigenvalue weighted by molar-refractivity contribution is -0.130. The molecule has 2 fully saturated rings. The molecule has 1 aromatic heterocycles. The Morgan fingerprint density at radius 3 is 2.95 bits per heavy atom. The minimum absolute atomic E-state index is 0.175. The fraction of sp³-hybridized carbons (Fsp3) is 0.769. The molecule has 2 saturated heterocycles. The maximum Gasteiger partial charge on any atom is 0.322 e. The monoisotopic (exact) mass is 264 g/mol. The lowest BCUT2D eigenvalue weighted by atomic mass is 10.0. The van der Waals surface area contributed by atoms with E-state index in [0.717, 1.165) is 25.8 Å². The number of fused-ring (bicyclic) bond motifs is 1. The number of hydrogen-bond acceptors (Lipinski definition) is 5. The zero-order valence-electron chi connectivity index (χ0n) is 11.4. The van der Waals surface area contributed by atoms with E-state index in [0.29, 0.717) is 17.9 Å². The van der Waals surface area contributed by atoms with Crippen LogP contribution < -0.4 is 5.32 Å². The van der Waals surface area contributed by atoms with E-state index in [9.17, 15) is 4.79 Å². The Morgan fingerprint density at radius 1 is 1.42 bits per heavy atom. The minimum atomic E-state index is -0.205. The normalized spacial score (nSPS) is 26.9. The third kappa shape index (κ3) is 2.31. The number of nitrogens with zero attached hydrogens (tertiary/aromatic N) is 3. The zero-order chi connectivity index (χ0) is 13.4. The zero-order valence-corrected chi connectivity index (χ0v) is 11.4. The van der Waals surface area contributed by atoms with Crippen LogP contribution in [0.2, 0.25) is 0 Å². The average Bonchev–Trinajstić information content (AvgIpc) is 2.97. The van der Waals surface area contributed by atoms with Gasteiger partial charge in [-0.3, -0.25) is 4.79 Å². The molecule has 1 N–H and O–H groups in total. The van der Waals surface area contributed by atoms with Crippen LogP contribution in [0.25, 0.3) is 0 Å². The van der Waals surface area contributed by atoms with Crippen molar-refractivity contribution in [2.24, 2.45) is 0 Å². The highest BCUT2D eigenvalue weighted by Gasteiger charge is 2.40. The molecular weight excluding hydrogens is 244 g/mol. The molecule has 6 nitrogen and oxygen atoms in total. The quantitative estimate of drug-likeness (QED) is 0.900. The number of amides is 1. The highest BCUT2D eigenvalue weighted by molar-refractivity contribution is 5.86. The Bertz CT molecular complexity index is 471. The first-order chi connectivity index (χ1) is 9.15. The largest absolute Gasteiger partial charge is 0.338 e. The summed E-state index contributed by atoms with van der Waals surface area (Å²) in [5.41, 5.74) is 0. The van der Waals surface area contributed by atoms with Crippen molar-refractivity contribution in [3.63, 3.8) is 0 Å². The summed E-state index contributed by atoms with van der Waals surface area (Å²) in [5, 5.41) is 6.99. The predicted octanol–water partition coefficient (Wildman–Crippen LogP) is 1.76. The number of carbonyl (C=O) groups excluding carboxylic acids is 1. The highest BCUT2D eigenvalue weighted by atomic mass is 16.5. The minimum Gasteiger partial charge on any atom is -0.338 e. The number of aromatic nitrogens is 2. The fourth-order valence-electron chi connectivity index (χ4n) is 2.91. The summed E-state index contributed by atoms with van der Waals surface area (Å²) in [5.74, 6) is 1.07. The number of rotatable bonds is 3. The van der Waals surface area contributed by atoms with Crippen molar-refractivity contribution in [2.75, 3.05) is 11.9 Å². The summed E-state index contributed by atoms with van der Waals surface area (Å²) >= 11 is 0. The van der Waals surface area contributed by atoms with Crippen molar-refractivity contribution in [3.05, 3.63) is 5.82 Å². The molecule has 19 heavy (non-hydrogen) atoms. The van der Waals surface area contributed by atoms with Crippen LogP contribution in [0, 0.1) is 0 Å². The maximum absolute atomic E-state index is 12.3. The van der Waals surface area contributed by atoms with Gasteiger partial charge in [0.1, 0.15) is 6.04 Å². The molecule has 104 valence electrons. The third-order valence-electron chi connectivity index (χ3n) is 3.97. The molecule has 6 heteroatoms. The van der Waals surface area contributed by atoms with Crippen LogP contribution in [0.5, 0.6) is 0 Å². The Hall–Kier alpha value is -1.59. The highest BCUT2D eigenvalue weighted by Crippen LogP contribution is 2.29. The van der Waals surface area contributed by atoms with E-state index < -0.39 is 0 Å². The van der Waals surface area contributed by atoms with Gasteiger partial charge in [-0.15, -0.1) is 0 Å². The average molecular weight is 264 g/mol. The van der Waals surface area contributed by atoms with Crippen LogP contribution in [0.1, 0.15) is 51.3 Å². The molecule has 0 aliphatic carbocycles. The van der Waals surface area contributed by atoms with E-state index in [4.69, 9.17) is 4.52 Å². The van der Waals surface area contributed by atoms with Gasteiger partial charge in [0.25, 0.3) is 0 Å². The van der Waals surface area contributed by atoms with E-state index in [1.54, 1.807) is 0 Å². The summed E-state index contributed by atoms with van der Waals surface area (Å²) < 4.78 is 5.15. The molecular formula is C13H20N4O2. The van der Waals surface area contributed by atoms with Gasteiger partial charge < -0.3 is 14.7 Å². The number of piperidine rings is 1. The van der Waals surface area contributed by atoms with Gasteiger partial charge in [-0.25, -0.2) is 0 Å². The SMILES string of the molecule is CC(C)c1noc(NC2CC3CCCCN3C2=O)n1. The molecule has 2 aliphatic heterocycles. The topological polar surface area (TPSA) is 71.3 Å². The van der Waals surface area contributed by atoms with Gasteiger partial charge in [0, 0.05) is 18.5 Å². The van der Waals surface area contributed by atoms with Gasteiger partial charge >= 0.3 is 6.01 Å². The molecule has 1 amide bonds. The fourth-order valence-corrected chi connectivity index (χ4v) is 2.91. The van der Waals surface area contributed by atoms with Crippen LogP contribution in [-0.2, 0) is 4.79 Å². The second-order valence-electron chi connectivity index (χ2n) is 5.73. The first kappa shape index (κ1) is 12.4. The molecule has 2 aliphatic rings. The summed E-state index contributed by atoms with van der Waals surface area (Å²) in [4.78, 5) is 18.5. The Morgan fingerprint density at radius 2 is 2.26 bits per heavy atom. The van der Waals surface area contributed by atoms with Gasteiger partial charge in [-0.05, 0) is 25.7 Å². The molecule has 2 unspecified atom stereocenters. The number of anilines is 1. The molecule has 3 rings (SSSR count). The summed E-state index contributed by atoms with van der Waals surface area (Å²) in [7, 11) is 0. The van der Waals surface area contributed by atoms with Crippen LogP contribution in [0.4, 0.5) is 6.01 Å². The number of hydrogen-bond donors (Lipinski definition) is 1. The summed E-state index contributed by atoms with van der Waals surface area (Å²) in [6.45, 7) is 4.91. The van der Waals surface area contributed by atoms with Crippen LogP contribution in [0.15, 0.2) is 4.52 Å². The van der Waals surface area contributed by atoms with Crippen molar-refractivity contribution in [1.82, 2.24) is 15.0 Å². The van der Waals surface area contributed by atoms with Crippen molar-refractivity contribution >= 4 is 11.9 Å². The number of carbonyl (C=O) groups is 1. The van der Waals surface area contributed by atoms with Crippen LogP contribution in [-0.4, -0.2) is 39.6 Å². The lowest BCUT2D eigenvalue weighted by Gasteiger charge is -2.28. The first-order valence-corrected chi connectivity index (χ1v) is 7.06. The van der Waals surface area contributed by atoms with Gasteiger partial charge in [0.15, 0.2) is 5.82 Å². The summed E-state index contributed by atoms with van der Waals surface area (Å²) in [6, 6.07) is 0.552. The molecule has 0 radical (unpaired) electrons. The van der Waals surface area contributed by atoms with Gasteiger partial charge in [-0.2, -0.15) is 4.98 Å². The van der Waals surface area contributed by atoms with Crippen molar-refractivity contribution in [2.45, 2.75) is 57.5 Å². The Labute approximate surface area is 112 Å². The second-order valence-corrected chi connectivity index (χ2v) is 5.73. The van der Waals surface area contributed by atoms with E-state index in [-0.39, 0.29) is 17.9 Å². The Balaban J connectivity index is 1.68. The second kappa shape index (κ2) is 4.83. The first-order valence-electron chi connectivity index (χ1n) is 7.06. The summed E-state index contributed by atoms with van der Waals surface area (Å²) in [6.07, 6.45) is 4.30. The van der Waals surface area contributed by atoms with Crippen molar-refractivity contribution in [3.8, 4) is 0 Å². The van der Waals surface area contributed by atoms with E-state index in [1.165, 1.54) is 6.42 Å². The molecule has 0 saturated carbocycles. The van der Waals surface area contributed by atoms with E-state index >= 15 is 0 Å². The molecule has 0 aromatic carbocycles. The molecule has 0 bridgehead atoms. The van der Waals surface area contributed by atoms with Crippen molar-refractivity contribution in [1.29, 1.82) is 0 Å². The maximum atomic E-state index is 12.3. The van der Waals surface area contributed by atoms with E-state index in [1.807, 2.05) is 18.7 Å². The van der Waals surface area contributed by atoms with Crippen LogP contribution >= 0.6 is 0 Å². The van der Waals surface area contributed by atoms with Gasteiger partial charge in [-0.1, -0.05) is 19.0 Å². The predicted molar refractivity (Wildman–Crippen MR) is 69.8 cm³/mol. The molecule has 3 heterocycles. The van der Waals surface area contributed by atoms with Crippen molar-refractivity contribution < 1.29 is 9.32 Å². The lowest BCUT2D eigenvalue weighted by Crippen LogP contribution is -2.39. The van der Waals surface area contributed by atoms with Gasteiger partial charge in [0.05, 0.1) is 0 Å². The molecule has 2 atom stereocenters. The molecule has 1 aromatic rings. The Kier molecular flexibility index (Phi) is 3.16. The van der Waals surface area contributed by atoms with Gasteiger partial charge in [0.2, 0.25) is 5.91 Å². The molecule has 0 spiro atoms.